The summed E-state index contributed by atoms with van der Waals surface area (Å²) in [6, 6.07) is 0. The fourth-order valence-electron chi connectivity index (χ4n) is 0.914. The van der Waals surface area contributed by atoms with Crippen molar-refractivity contribution < 1.29 is 14.3 Å². The van der Waals surface area contributed by atoms with Crippen molar-refractivity contribution >= 4 is 12.4 Å². The fraction of sp³-hybridized carbons (Fsp3) is 0.714. The van der Waals surface area contributed by atoms with Gasteiger partial charge in [0.05, 0.1) is 6.61 Å². The smallest absolute Gasteiger partial charge is 0.331 e. The first kappa shape index (κ1) is 8.04. The average Bonchev–Trinajstić information content (AvgIpc) is 2.71. The molecule has 0 bridgehead atoms. The zero-order valence-corrected chi connectivity index (χ0v) is 6.42. The molecule has 4 heteroatoms. The number of carbonyl (C=O) groups is 2. The van der Waals surface area contributed by atoms with E-state index in [1.54, 1.807) is 6.92 Å². The van der Waals surface area contributed by atoms with Gasteiger partial charge in [-0.15, -0.1) is 0 Å². The Bertz CT molecular complexity index is 175. The molecule has 0 heterocycles. The third kappa shape index (κ3) is 1.50. The number of amides is 1. The molecule has 0 unspecified atom stereocenters. The van der Waals surface area contributed by atoms with Gasteiger partial charge >= 0.3 is 5.97 Å². The molecule has 1 N–H and O–H groups in total. The quantitative estimate of drug-likeness (QED) is 0.455. The topological polar surface area (TPSA) is 55.4 Å². The Morgan fingerprint density at radius 3 is 2.73 bits per heavy atom. The lowest BCUT2D eigenvalue weighted by molar-refractivity contribution is -0.147. The molecule has 0 aromatic heterocycles. The van der Waals surface area contributed by atoms with Crippen LogP contribution in [-0.2, 0) is 14.3 Å². The second kappa shape index (κ2) is 2.90. The van der Waals surface area contributed by atoms with Crippen molar-refractivity contribution in [3.63, 3.8) is 0 Å². The molecule has 62 valence electrons. The Morgan fingerprint density at radius 2 is 2.36 bits per heavy atom. The van der Waals surface area contributed by atoms with E-state index in [4.69, 9.17) is 4.74 Å². The second-order valence-corrected chi connectivity index (χ2v) is 2.56. The number of hydrogen-bond acceptors (Lipinski definition) is 3. The summed E-state index contributed by atoms with van der Waals surface area (Å²) in [5, 5.41) is 2.46. The molecule has 1 fully saturated rings. The minimum Gasteiger partial charge on any atom is -0.464 e. The van der Waals surface area contributed by atoms with Crippen LogP contribution in [0.1, 0.15) is 19.8 Å². The molecule has 0 radical (unpaired) electrons. The van der Waals surface area contributed by atoms with Gasteiger partial charge in [0.1, 0.15) is 5.54 Å². The minimum atomic E-state index is -0.669. The third-order valence-corrected chi connectivity index (χ3v) is 1.75. The molecular formula is C7H11NO3. The Labute approximate surface area is 64.9 Å². The maximum atomic E-state index is 11.1. The Morgan fingerprint density at radius 1 is 1.73 bits per heavy atom. The second-order valence-electron chi connectivity index (χ2n) is 2.56. The van der Waals surface area contributed by atoms with Gasteiger partial charge in [0, 0.05) is 0 Å². The van der Waals surface area contributed by atoms with Gasteiger partial charge in [-0.1, -0.05) is 0 Å². The van der Waals surface area contributed by atoms with Crippen molar-refractivity contribution in [2.45, 2.75) is 25.3 Å². The van der Waals surface area contributed by atoms with Crippen LogP contribution in [0.3, 0.4) is 0 Å². The predicted octanol–water partition coefficient (Wildman–Crippen LogP) is -0.172. The molecule has 0 aromatic rings. The summed E-state index contributed by atoms with van der Waals surface area (Å²) in [5.41, 5.74) is -0.669. The number of hydrogen-bond donors (Lipinski definition) is 1. The molecule has 0 atom stereocenters. The summed E-state index contributed by atoms with van der Waals surface area (Å²) < 4.78 is 4.76. The van der Waals surface area contributed by atoms with Crippen molar-refractivity contribution in [3.05, 3.63) is 0 Å². The SMILES string of the molecule is CCOC(=O)C1(NC=O)CC1. The van der Waals surface area contributed by atoms with Crippen molar-refractivity contribution in [2.75, 3.05) is 6.61 Å². The van der Waals surface area contributed by atoms with Gasteiger partial charge in [-0.05, 0) is 19.8 Å². The number of rotatable bonds is 4. The first-order chi connectivity index (χ1) is 5.25. The number of esters is 1. The summed E-state index contributed by atoms with van der Waals surface area (Å²) in [5.74, 6) is -0.313. The fourth-order valence-corrected chi connectivity index (χ4v) is 0.914. The molecule has 0 saturated heterocycles. The number of carbonyl (C=O) groups excluding carboxylic acids is 2. The summed E-state index contributed by atoms with van der Waals surface area (Å²) in [7, 11) is 0. The average molecular weight is 157 g/mol. The van der Waals surface area contributed by atoms with Crippen molar-refractivity contribution in [1.82, 2.24) is 5.32 Å². The highest BCUT2D eigenvalue weighted by molar-refractivity contribution is 5.86. The van der Waals surface area contributed by atoms with E-state index < -0.39 is 5.54 Å². The molecule has 1 amide bonds. The number of ether oxygens (including phenoxy) is 1. The van der Waals surface area contributed by atoms with E-state index in [0.29, 0.717) is 25.9 Å². The molecule has 1 aliphatic carbocycles. The van der Waals surface area contributed by atoms with Crippen LogP contribution in [0.25, 0.3) is 0 Å². The maximum Gasteiger partial charge on any atom is 0.331 e. The molecule has 11 heavy (non-hydrogen) atoms. The Hall–Kier alpha value is -1.06. The summed E-state index contributed by atoms with van der Waals surface area (Å²) >= 11 is 0. The Kier molecular flexibility index (Phi) is 2.12. The van der Waals surface area contributed by atoms with Gasteiger partial charge in [0.25, 0.3) is 0 Å². The lowest BCUT2D eigenvalue weighted by Crippen LogP contribution is -2.39. The molecular weight excluding hydrogens is 146 g/mol. The maximum absolute atomic E-state index is 11.1. The van der Waals surface area contributed by atoms with Crippen molar-refractivity contribution in [1.29, 1.82) is 0 Å². The van der Waals surface area contributed by atoms with Gasteiger partial charge in [0.2, 0.25) is 6.41 Å². The van der Waals surface area contributed by atoms with Gasteiger partial charge < -0.3 is 10.1 Å². The summed E-state index contributed by atoms with van der Waals surface area (Å²) in [4.78, 5) is 21.1. The summed E-state index contributed by atoms with van der Waals surface area (Å²) in [6.07, 6.45) is 1.94. The van der Waals surface area contributed by atoms with Gasteiger partial charge in [-0.25, -0.2) is 4.79 Å². The highest BCUT2D eigenvalue weighted by atomic mass is 16.5. The van der Waals surface area contributed by atoms with E-state index >= 15 is 0 Å². The van der Waals surface area contributed by atoms with Crippen LogP contribution in [-0.4, -0.2) is 24.5 Å². The van der Waals surface area contributed by atoms with E-state index in [1.807, 2.05) is 0 Å². The van der Waals surface area contributed by atoms with E-state index in [1.165, 1.54) is 0 Å². The lowest BCUT2D eigenvalue weighted by Gasteiger charge is -2.11. The molecule has 0 spiro atoms. The minimum absolute atomic E-state index is 0.313. The standard InChI is InChI=1S/C7H11NO3/c1-2-11-6(10)7(3-4-7)8-5-9/h5H,2-4H2,1H3,(H,8,9). The normalized spacial score (nSPS) is 18.6. The first-order valence-corrected chi connectivity index (χ1v) is 3.64. The molecule has 0 aliphatic heterocycles. The molecule has 1 aliphatic rings. The largest absolute Gasteiger partial charge is 0.464 e. The monoisotopic (exact) mass is 157 g/mol. The van der Waals surface area contributed by atoms with Crippen molar-refractivity contribution in [3.8, 4) is 0 Å². The summed E-state index contributed by atoms with van der Waals surface area (Å²) in [6.45, 7) is 2.11. The van der Waals surface area contributed by atoms with Crippen LogP contribution >= 0.6 is 0 Å². The predicted molar refractivity (Wildman–Crippen MR) is 37.8 cm³/mol. The van der Waals surface area contributed by atoms with Crippen LogP contribution in [0.15, 0.2) is 0 Å². The highest BCUT2D eigenvalue weighted by Crippen LogP contribution is 2.35. The van der Waals surface area contributed by atoms with Gasteiger partial charge in [-0.2, -0.15) is 0 Å². The Balaban J connectivity index is 2.44. The molecule has 1 rings (SSSR count). The first-order valence-electron chi connectivity index (χ1n) is 3.64. The van der Waals surface area contributed by atoms with Crippen LogP contribution in [0.5, 0.6) is 0 Å². The highest BCUT2D eigenvalue weighted by Gasteiger charge is 2.51. The van der Waals surface area contributed by atoms with Crippen LogP contribution in [0.4, 0.5) is 0 Å². The zero-order valence-electron chi connectivity index (χ0n) is 6.42. The third-order valence-electron chi connectivity index (χ3n) is 1.75. The molecule has 1 saturated carbocycles. The van der Waals surface area contributed by atoms with Gasteiger partial charge in [0.15, 0.2) is 0 Å². The lowest BCUT2D eigenvalue weighted by atomic mass is 10.3. The zero-order chi connectivity index (χ0) is 8.32. The van der Waals surface area contributed by atoms with Crippen LogP contribution < -0.4 is 5.32 Å². The molecule has 4 nitrogen and oxygen atoms in total. The van der Waals surface area contributed by atoms with Gasteiger partial charge in [-0.3, -0.25) is 4.79 Å². The van der Waals surface area contributed by atoms with Crippen LogP contribution in [0, 0.1) is 0 Å². The number of nitrogens with one attached hydrogen (secondary N) is 1. The van der Waals surface area contributed by atoms with E-state index in [9.17, 15) is 9.59 Å². The molecule has 0 aromatic carbocycles. The van der Waals surface area contributed by atoms with E-state index in [2.05, 4.69) is 5.32 Å². The van der Waals surface area contributed by atoms with Crippen molar-refractivity contribution in [2.24, 2.45) is 0 Å². The van der Waals surface area contributed by atoms with Crippen LogP contribution in [0.2, 0.25) is 0 Å². The van der Waals surface area contributed by atoms with E-state index in [0.717, 1.165) is 0 Å². The van der Waals surface area contributed by atoms with E-state index in [-0.39, 0.29) is 5.97 Å².